The third-order valence-corrected chi connectivity index (χ3v) is 8.36. The largest absolute Gasteiger partial charge is 0.493 e. The smallest absolute Gasteiger partial charge is 0.230 e. The maximum Gasteiger partial charge on any atom is 0.230 e. The number of imide groups is 1. The first kappa shape index (κ1) is 28.3. The van der Waals surface area contributed by atoms with Crippen molar-refractivity contribution in [1.29, 1.82) is 0 Å². The number of nitrogens with one attached hydrogen (secondary N) is 2. The fraction of sp³-hybridized carbons (Fsp3) is 0.273. The molecule has 43 heavy (non-hydrogen) atoms. The van der Waals surface area contributed by atoms with Gasteiger partial charge in [0, 0.05) is 59.5 Å². The fourth-order valence-electron chi connectivity index (χ4n) is 6.21. The van der Waals surface area contributed by atoms with Gasteiger partial charge in [-0.25, -0.2) is 8.78 Å². The summed E-state index contributed by atoms with van der Waals surface area (Å²) in [7, 11) is 4.52. The van der Waals surface area contributed by atoms with Crippen molar-refractivity contribution >= 4 is 33.6 Å². The Bertz CT molecular complexity index is 1820. The highest BCUT2D eigenvalue weighted by Crippen LogP contribution is 2.44. The highest BCUT2D eigenvalue weighted by molar-refractivity contribution is 5.97. The molecule has 3 aromatic carbocycles. The van der Waals surface area contributed by atoms with Crippen molar-refractivity contribution in [2.75, 3.05) is 27.9 Å². The van der Waals surface area contributed by atoms with E-state index >= 15 is 0 Å². The van der Waals surface area contributed by atoms with Gasteiger partial charge in [-0.1, -0.05) is 0 Å². The Labute approximate surface area is 246 Å². The van der Waals surface area contributed by atoms with E-state index in [1.54, 1.807) is 30.5 Å². The normalized spacial score (nSPS) is 16.1. The quantitative estimate of drug-likeness (QED) is 0.219. The van der Waals surface area contributed by atoms with Crippen LogP contribution in [0.5, 0.6) is 17.2 Å². The van der Waals surface area contributed by atoms with Crippen LogP contribution < -0.4 is 14.2 Å². The van der Waals surface area contributed by atoms with Gasteiger partial charge in [0.25, 0.3) is 0 Å². The number of fused-ring (bicyclic) bond motifs is 2. The second-order valence-corrected chi connectivity index (χ2v) is 10.7. The number of hydrogen-bond donors (Lipinski definition) is 2. The van der Waals surface area contributed by atoms with E-state index in [1.165, 1.54) is 50.5 Å². The lowest BCUT2D eigenvalue weighted by Crippen LogP contribution is -2.42. The van der Waals surface area contributed by atoms with E-state index in [2.05, 4.69) is 9.97 Å². The molecular weight excluding hydrogens is 556 g/mol. The lowest BCUT2D eigenvalue weighted by molar-refractivity contribution is -0.147. The number of methoxy groups -OCH3 is 3. The molecule has 2 N–H and O–H groups in total. The van der Waals surface area contributed by atoms with Crippen LogP contribution in [0.1, 0.15) is 47.8 Å². The van der Waals surface area contributed by atoms with Gasteiger partial charge < -0.3 is 24.2 Å². The molecule has 1 saturated heterocycles. The molecule has 2 aromatic heterocycles. The molecule has 8 nitrogen and oxygen atoms in total. The lowest BCUT2D eigenvalue weighted by atomic mass is 9.86. The molecule has 6 rings (SSSR count). The van der Waals surface area contributed by atoms with Crippen molar-refractivity contribution < 1.29 is 32.6 Å². The first-order chi connectivity index (χ1) is 20.8. The minimum absolute atomic E-state index is 0.0587. The minimum Gasteiger partial charge on any atom is -0.493 e. The molecule has 2 unspecified atom stereocenters. The van der Waals surface area contributed by atoms with E-state index in [0.29, 0.717) is 45.7 Å². The van der Waals surface area contributed by atoms with Crippen LogP contribution in [0.15, 0.2) is 60.9 Å². The molecule has 2 amide bonds. The molecule has 10 heteroatoms. The van der Waals surface area contributed by atoms with Crippen molar-refractivity contribution in [1.82, 2.24) is 14.9 Å². The topological polar surface area (TPSA) is 96.7 Å². The maximum absolute atomic E-state index is 14.4. The number of aromatic nitrogens is 2. The monoisotopic (exact) mass is 587 g/mol. The van der Waals surface area contributed by atoms with Gasteiger partial charge in [0.05, 0.1) is 21.3 Å². The number of piperidine rings is 1. The van der Waals surface area contributed by atoms with Crippen molar-refractivity contribution in [3.63, 3.8) is 0 Å². The third kappa shape index (κ3) is 5.17. The zero-order valence-corrected chi connectivity index (χ0v) is 24.0. The van der Waals surface area contributed by atoms with Crippen LogP contribution in [0.3, 0.4) is 0 Å². The van der Waals surface area contributed by atoms with Crippen molar-refractivity contribution in [2.45, 2.75) is 31.1 Å². The summed E-state index contributed by atoms with van der Waals surface area (Å²) < 4.78 is 44.9. The van der Waals surface area contributed by atoms with Crippen LogP contribution in [0.2, 0.25) is 0 Å². The number of H-pyrrole nitrogens is 2. The van der Waals surface area contributed by atoms with Crippen LogP contribution in [0, 0.1) is 11.6 Å². The number of benzene rings is 3. The second kappa shape index (κ2) is 11.4. The van der Waals surface area contributed by atoms with Crippen LogP contribution in [-0.2, 0) is 9.59 Å². The lowest BCUT2D eigenvalue weighted by Gasteiger charge is -2.31. The zero-order chi connectivity index (χ0) is 30.2. The summed E-state index contributed by atoms with van der Waals surface area (Å²) in [5.74, 6) is -0.884. The van der Waals surface area contributed by atoms with Crippen molar-refractivity contribution in [3.8, 4) is 17.2 Å². The molecule has 0 aliphatic carbocycles. The molecule has 0 saturated carbocycles. The first-order valence-electron chi connectivity index (χ1n) is 14.0. The highest BCUT2D eigenvalue weighted by atomic mass is 19.1. The van der Waals surface area contributed by atoms with Crippen molar-refractivity contribution in [3.05, 3.63) is 89.2 Å². The number of hydrogen-bond acceptors (Lipinski definition) is 5. The summed E-state index contributed by atoms with van der Waals surface area (Å²) in [6.45, 7) is 0.231. The Balaban J connectivity index is 1.32. The molecule has 5 aromatic rings. The third-order valence-electron chi connectivity index (χ3n) is 8.36. The number of carbonyl (C=O) groups is 2. The first-order valence-corrected chi connectivity index (χ1v) is 14.0. The number of aromatic amines is 2. The summed E-state index contributed by atoms with van der Waals surface area (Å²) in [5.41, 5.74) is 3.75. The fourth-order valence-corrected chi connectivity index (χ4v) is 6.21. The van der Waals surface area contributed by atoms with Crippen molar-refractivity contribution in [2.24, 2.45) is 0 Å². The van der Waals surface area contributed by atoms with Crippen LogP contribution in [0.4, 0.5) is 8.78 Å². The molecule has 1 fully saturated rings. The van der Waals surface area contributed by atoms with E-state index in [4.69, 9.17) is 14.2 Å². The maximum atomic E-state index is 14.4. The number of halogens is 2. The molecule has 3 heterocycles. The number of likely N-dealkylation sites (tertiary alicyclic amines) is 1. The summed E-state index contributed by atoms with van der Waals surface area (Å²) in [6.07, 6.45) is 4.19. The van der Waals surface area contributed by atoms with E-state index in [0.717, 1.165) is 16.5 Å². The molecule has 0 spiro atoms. The summed E-state index contributed by atoms with van der Waals surface area (Å²) >= 11 is 0. The summed E-state index contributed by atoms with van der Waals surface area (Å²) in [4.78, 5) is 34.9. The highest BCUT2D eigenvalue weighted by Gasteiger charge is 2.34. The van der Waals surface area contributed by atoms with Gasteiger partial charge in [0.2, 0.25) is 17.6 Å². The van der Waals surface area contributed by atoms with Gasteiger partial charge in [-0.3, -0.25) is 14.5 Å². The van der Waals surface area contributed by atoms with E-state index < -0.39 is 11.7 Å². The molecule has 0 radical (unpaired) electrons. The molecule has 0 bridgehead atoms. The number of rotatable bonds is 8. The van der Waals surface area contributed by atoms with Crippen LogP contribution in [0.25, 0.3) is 21.8 Å². The predicted octanol–water partition coefficient (Wildman–Crippen LogP) is 6.41. The second-order valence-electron chi connectivity index (χ2n) is 10.7. The summed E-state index contributed by atoms with van der Waals surface area (Å²) in [6, 6.07) is 12.5. The predicted molar refractivity (Wildman–Crippen MR) is 158 cm³/mol. The van der Waals surface area contributed by atoms with Gasteiger partial charge in [-0.2, -0.15) is 0 Å². The van der Waals surface area contributed by atoms with Gasteiger partial charge in [-0.15, -0.1) is 0 Å². The number of ether oxygens (including phenoxy) is 3. The Hall–Kier alpha value is -4.86. The minimum atomic E-state index is -0.570. The van der Waals surface area contributed by atoms with E-state index in [9.17, 15) is 18.4 Å². The average Bonchev–Trinajstić information content (AvgIpc) is 3.62. The summed E-state index contributed by atoms with van der Waals surface area (Å²) in [5, 5.41) is 1.37. The van der Waals surface area contributed by atoms with Gasteiger partial charge in [0.15, 0.2) is 11.5 Å². The Morgan fingerprint density at radius 3 is 2.16 bits per heavy atom. The molecule has 1 aliphatic rings. The Morgan fingerprint density at radius 1 is 0.907 bits per heavy atom. The van der Waals surface area contributed by atoms with E-state index in [1.807, 2.05) is 6.20 Å². The number of nitrogens with zero attached hydrogens (tertiary/aromatic N) is 1. The Morgan fingerprint density at radius 2 is 1.53 bits per heavy atom. The Kier molecular flexibility index (Phi) is 7.52. The SMILES string of the molecule is COc1cc(C(CC(=O)N2CCC(c3c[nH]c4ccc(F)cc34)CC2=O)c2c[nH]c3ccc(F)cc23)cc(OC)c1OC. The molecular formula is C33H31F2N3O5. The van der Waals surface area contributed by atoms with Crippen LogP contribution in [-0.4, -0.2) is 54.6 Å². The molecule has 2 atom stereocenters. The average molecular weight is 588 g/mol. The van der Waals surface area contributed by atoms with E-state index in [-0.39, 0.29) is 42.9 Å². The number of amides is 2. The van der Waals surface area contributed by atoms with Crippen LogP contribution >= 0.6 is 0 Å². The van der Waals surface area contributed by atoms with Gasteiger partial charge in [0.1, 0.15) is 11.6 Å². The zero-order valence-electron chi connectivity index (χ0n) is 24.0. The standard InChI is InChI=1S/C33H31F2N3O5/c1-41-29-10-19(11-30(42-2)33(29)43-3)22(26-17-37-28-7-5-21(35)14-24(26)28)15-32(40)38-9-8-18(12-31(38)39)25-16-36-27-6-4-20(34)13-23(25)27/h4-7,10-11,13-14,16-18,22,36-37H,8-9,12,15H2,1-3H3. The number of carbonyl (C=O) groups excluding carboxylic acids is 2. The van der Waals surface area contributed by atoms with Gasteiger partial charge in [-0.05, 0) is 77.6 Å². The molecule has 1 aliphatic heterocycles. The molecule has 222 valence electrons. The van der Waals surface area contributed by atoms with Gasteiger partial charge >= 0.3 is 0 Å².